The predicted molar refractivity (Wildman–Crippen MR) is 44.0 cm³/mol. The highest BCUT2D eigenvalue weighted by Gasteiger charge is 2.05. The van der Waals surface area contributed by atoms with Crippen LogP contribution < -0.4 is 0 Å². The fraction of sp³-hybridized carbons (Fsp3) is 0. The molecule has 0 aliphatic carbocycles. The Bertz CT molecular complexity index is 396. The van der Waals surface area contributed by atoms with Gasteiger partial charge in [0.25, 0.3) is 5.35 Å². The minimum Gasteiger partial charge on any atom is -0.426 e. The Kier molecular flexibility index (Phi) is 1.51. The molecule has 0 N–H and O–H groups in total. The van der Waals surface area contributed by atoms with E-state index in [0.717, 1.165) is 0 Å². The number of nitrogens with zero attached hydrogens (tertiary/aromatic N) is 1. The van der Waals surface area contributed by atoms with Gasteiger partial charge < -0.3 is 4.42 Å². The van der Waals surface area contributed by atoms with Crippen molar-refractivity contribution in [3.63, 3.8) is 0 Å². The van der Waals surface area contributed by atoms with Crippen LogP contribution in [-0.2, 0) is 0 Å². The van der Waals surface area contributed by atoms with E-state index < -0.39 is 0 Å². The van der Waals surface area contributed by atoms with E-state index >= 15 is 0 Å². The van der Waals surface area contributed by atoms with Gasteiger partial charge in [0.1, 0.15) is 5.52 Å². The van der Waals surface area contributed by atoms with Crippen molar-refractivity contribution >= 4 is 34.3 Å². The molecular weight excluding hydrogens is 185 g/mol. The molecule has 2 rings (SSSR count). The van der Waals surface area contributed by atoms with Crippen LogP contribution in [0.2, 0.25) is 10.4 Å². The van der Waals surface area contributed by atoms with Gasteiger partial charge in [0.15, 0.2) is 5.58 Å². The number of hydrogen-bond acceptors (Lipinski definition) is 2. The molecule has 0 radical (unpaired) electrons. The lowest BCUT2D eigenvalue weighted by atomic mass is 10.3. The molecule has 0 bridgehead atoms. The Morgan fingerprint density at radius 2 is 2.09 bits per heavy atom. The summed E-state index contributed by atoms with van der Waals surface area (Å²) in [5.41, 5.74) is 1.22. The minimum atomic E-state index is 0.119. The van der Waals surface area contributed by atoms with Crippen molar-refractivity contribution in [2.45, 2.75) is 0 Å². The number of oxazole rings is 1. The summed E-state index contributed by atoms with van der Waals surface area (Å²) in [6, 6.07) is 5.31. The summed E-state index contributed by atoms with van der Waals surface area (Å²) in [6.07, 6.45) is 0. The van der Waals surface area contributed by atoms with E-state index in [2.05, 4.69) is 4.98 Å². The molecule has 1 aromatic heterocycles. The molecular formula is C7H3Cl2NO. The van der Waals surface area contributed by atoms with Crippen LogP contribution in [0.5, 0.6) is 0 Å². The van der Waals surface area contributed by atoms with Crippen LogP contribution in [0.25, 0.3) is 11.1 Å². The topological polar surface area (TPSA) is 26.0 Å². The highest BCUT2D eigenvalue weighted by molar-refractivity contribution is 6.35. The van der Waals surface area contributed by atoms with Gasteiger partial charge in [0.05, 0.1) is 5.02 Å². The largest absolute Gasteiger partial charge is 0.426 e. The molecule has 0 amide bonds. The smallest absolute Gasteiger partial charge is 0.293 e. The zero-order valence-corrected chi connectivity index (χ0v) is 6.86. The summed E-state index contributed by atoms with van der Waals surface area (Å²) in [5, 5.41) is 0.648. The SMILES string of the molecule is Clc1nc2cccc(Cl)c2o1. The third-order valence-corrected chi connectivity index (χ3v) is 1.80. The number of fused-ring (bicyclic) bond motifs is 1. The lowest BCUT2D eigenvalue weighted by Gasteiger charge is -1.86. The summed E-state index contributed by atoms with van der Waals surface area (Å²) < 4.78 is 5.02. The third kappa shape index (κ3) is 1.08. The number of benzene rings is 1. The number of hydrogen-bond donors (Lipinski definition) is 0. The molecule has 11 heavy (non-hydrogen) atoms. The van der Waals surface area contributed by atoms with Gasteiger partial charge in [-0.25, -0.2) is 0 Å². The first kappa shape index (κ1) is 6.95. The molecule has 0 aliphatic heterocycles. The highest BCUT2D eigenvalue weighted by Crippen LogP contribution is 2.25. The van der Waals surface area contributed by atoms with Crippen LogP contribution in [0.4, 0.5) is 0 Å². The third-order valence-electron chi connectivity index (χ3n) is 1.34. The monoisotopic (exact) mass is 187 g/mol. The number of rotatable bonds is 0. The molecule has 56 valence electrons. The maximum atomic E-state index is 5.78. The number of para-hydroxylation sites is 1. The van der Waals surface area contributed by atoms with E-state index in [1.54, 1.807) is 18.2 Å². The van der Waals surface area contributed by atoms with Gasteiger partial charge in [-0.1, -0.05) is 17.7 Å². The summed E-state index contributed by atoms with van der Waals surface area (Å²) in [6.45, 7) is 0. The Balaban J connectivity index is 2.90. The molecule has 2 aromatic rings. The van der Waals surface area contributed by atoms with Gasteiger partial charge in [-0.15, -0.1) is 0 Å². The Hall–Kier alpha value is -0.730. The minimum absolute atomic E-state index is 0.119. The molecule has 4 heteroatoms. The number of aromatic nitrogens is 1. The van der Waals surface area contributed by atoms with E-state index in [4.69, 9.17) is 27.6 Å². The molecule has 0 spiro atoms. The highest BCUT2D eigenvalue weighted by atomic mass is 35.5. The van der Waals surface area contributed by atoms with E-state index in [-0.39, 0.29) is 5.35 Å². The normalized spacial score (nSPS) is 10.7. The molecule has 0 fully saturated rings. The van der Waals surface area contributed by atoms with E-state index in [0.29, 0.717) is 16.1 Å². The maximum absolute atomic E-state index is 5.78. The van der Waals surface area contributed by atoms with Gasteiger partial charge >= 0.3 is 0 Å². The second-order valence-electron chi connectivity index (χ2n) is 2.05. The molecule has 0 aliphatic rings. The maximum Gasteiger partial charge on any atom is 0.293 e. The average molecular weight is 188 g/mol. The fourth-order valence-corrected chi connectivity index (χ4v) is 1.26. The Morgan fingerprint density at radius 1 is 1.27 bits per heavy atom. The standard InChI is InChI=1S/C7H3Cl2NO/c8-4-2-1-3-5-6(4)11-7(9)10-5/h1-3H. The second-order valence-corrected chi connectivity index (χ2v) is 2.79. The fourth-order valence-electron chi connectivity index (χ4n) is 0.888. The van der Waals surface area contributed by atoms with Crippen LogP contribution in [-0.4, -0.2) is 4.98 Å². The molecule has 0 unspecified atom stereocenters. The predicted octanol–water partition coefficient (Wildman–Crippen LogP) is 3.13. The Morgan fingerprint density at radius 3 is 2.82 bits per heavy atom. The second kappa shape index (κ2) is 2.40. The first-order chi connectivity index (χ1) is 5.27. The quantitative estimate of drug-likeness (QED) is 0.634. The van der Waals surface area contributed by atoms with Gasteiger partial charge in [0, 0.05) is 0 Å². The molecule has 1 aromatic carbocycles. The van der Waals surface area contributed by atoms with Gasteiger partial charge in [-0.2, -0.15) is 4.98 Å². The zero-order valence-electron chi connectivity index (χ0n) is 5.34. The van der Waals surface area contributed by atoms with E-state index in [1.807, 2.05) is 0 Å². The summed E-state index contributed by atoms with van der Waals surface area (Å²) in [4.78, 5) is 3.89. The summed E-state index contributed by atoms with van der Waals surface area (Å²) in [5.74, 6) is 0. The van der Waals surface area contributed by atoms with Crippen molar-refractivity contribution < 1.29 is 4.42 Å². The van der Waals surface area contributed by atoms with Crippen molar-refractivity contribution in [3.05, 3.63) is 28.6 Å². The molecule has 0 saturated carbocycles. The van der Waals surface area contributed by atoms with Crippen molar-refractivity contribution in [2.24, 2.45) is 0 Å². The first-order valence-electron chi connectivity index (χ1n) is 2.98. The van der Waals surface area contributed by atoms with Crippen molar-refractivity contribution in [2.75, 3.05) is 0 Å². The summed E-state index contributed by atoms with van der Waals surface area (Å²) >= 11 is 11.3. The summed E-state index contributed by atoms with van der Waals surface area (Å²) in [7, 11) is 0. The van der Waals surface area contributed by atoms with Crippen LogP contribution in [0.3, 0.4) is 0 Å². The van der Waals surface area contributed by atoms with Crippen molar-refractivity contribution in [3.8, 4) is 0 Å². The Labute approximate surface area is 72.7 Å². The van der Waals surface area contributed by atoms with Gasteiger partial charge in [-0.05, 0) is 23.7 Å². The molecule has 0 atom stereocenters. The van der Waals surface area contributed by atoms with Crippen LogP contribution in [0.1, 0.15) is 0 Å². The molecule has 1 heterocycles. The lowest BCUT2D eigenvalue weighted by Crippen LogP contribution is -1.66. The van der Waals surface area contributed by atoms with Gasteiger partial charge in [-0.3, -0.25) is 0 Å². The van der Waals surface area contributed by atoms with Crippen molar-refractivity contribution in [1.29, 1.82) is 0 Å². The van der Waals surface area contributed by atoms with E-state index in [1.165, 1.54) is 0 Å². The van der Waals surface area contributed by atoms with Crippen LogP contribution >= 0.6 is 23.2 Å². The van der Waals surface area contributed by atoms with Crippen LogP contribution in [0, 0.1) is 0 Å². The van der Waals surface area contributed by atoms with Crippen LogP contribution in [0.15, 0.2) is 22.6 Å². The van der Waals surface area contributed by atoms with Crippen molar-refractivity contribution in [1.82, 2.24) is 4.98 Å². The van der Waals surface area contributed by atoms with Gasteiger partial charge in [0.2, 0.25) is 0 Å². The molecule has 0 saturated heterocycles. The average Bonchev–Trinajstić information content (AvgIpc) is 2.31. The first-order valence-corrected chi connectivity index (χ1v) is 3.73. The van der Waals surface area contributed by atoms with E-state index in [9.17, 15) is 0 Å². The number of halogens is 2. The lowest BCUT2D eigenvalue weighted by molar-refractivity contribution is 0.604. The zero-order chi connectivity index (χ0) is 7.84. The molecule has 2 nitrogen and oxygen atoms in total.